The van der Waals surface area contributed by atoms with Gasteiger partial charge in [-0.2, -0.15) is 4.98 Å². The van der Waals surface area contributed by atoms with E-state index in [1.165, 1.54) is 18.5 Å². The van der Waals surface area contributed by atoms with Gasteiger partial charge in [0.05, 0.1) is 19.1 Å². The van der Waals surface area contributed by atoms with Gasteiger partial charge in [0.25, 0.3) is 5.89 Å². The molecular weight excluding hydrogens is 377 g/mol. The number of amides is 1. The Labute approximate surface area is 165 Å². The maximum absolute atomic E-state index is 13.6. The molecule has 146 valence electrons. The average Bonchev–Trinajstić information content (AvgIpc) is 3.39. The number of benzene rings is 2. The van der Waals surface area contributed by atoms with E-state index in [-0.39, 0.29) is 18.1 Å². The van der Waals surface area contributed by atoms with Gasteiger partial charge in [0.2, 0.25) is 11.7 Å². The zero-order valence-corrected chi connectivity index (χ0v) is 15.4. The lowest BCUT2D eigenvalue weighted by Gasteiger charge is -2.06. The Morgan fingerprint density at radius 1 is 1.21 bits per heavy atom. The van der Waals surface area contributed by atoms with Crippen molar-refractivity contribution in [2.75, 3.05) is 12.4 Å². The molecule has 0 unspecified atom stereocenters. The summed E-state index contributed by atoms with van der Waals surface area (Å²) in [5, 5.41) is 6.45. The van der Waals surface area contributed by atoms with Gasteiger partial charge < -0.3 is 19.1 Å². The molecule has 2 aromatic heterocycles. The molecule has 9 heteroatoms. The lowest BCUT2D eigenvalue weighted by atomic mass is 10.2. The zero-order valence-electron chi connectivity index (χ0n) is 15.4. The first kappa shape index (κ1) is 18.4. The van der Waals surface area contributed by atoms with Gasteiger partial charge in [0, 0.05) is 11.8 Å². The third-order valence-electron chi connectivity index (χ3n) is 4.10. The second-order valence-corrected chi connectivity index (χ2v) is 6.11. The van der Waals surface area contributed by atoms with Crippen LogP contribution in [0.15, 0.2) is 65.6 Å². The van der Waals surface area contributed by atoms with Gasteiger partial charge in [0.1, 0.15) is 23.8 Å². The predicted octanol–water partition coefficient (Wildman–Crippen LogP) is 3.39. The largest absolute Gasteiger partial charge is 0.497 e. The number of imidazole rings is 1. The second kappa shape index (κ2) is 7.93. The van der Waals surface area contributed by atoms with E-state index in [1.807, 2.05) is 12.1 Å². The number of carbonyl (C=O) groups excluding carboxylic acids is 1. The summed E-state index contributed by atoms with van der Waals surface area (Å²) in [6, 6.07) is 13.2. The highest BCUT2D eigenvalue weighted by Crippen LogP contribution is 2.23. The number of rotatable bonds is 6. The van der Waals surface area contributed by atoms with Crippen LogP contribution in [0.2, 0.25) is 0 Å². The summed E-state index contributed by atoms with van der Waals surface area (Å²) in [5.74, 6) is 0.482. The van der Waals surface area contributed by atoms with Crippen molar-refractivity contribution in [1.82, 2.24) is 19.7 Å². The quantitative estimate of drug-likeness (QED) is 0.540. The van der Waals surface area contributed by atoms with Crippen LogP contribution in [-0.4, -0.2) is 32.7 Å². The summed E-state index contributed by atoms with van der Waals surface area (Å²) in [7, 11) is 1.59. The molecule has 1 N–H and O–H groups in total. The van der Waals surface area contributed by atoms with Gasteiger partial charge in [0.15, 0.2) is 0 Å². The van der Waals surface area contributed by atoms with Crippen molar-refractivity contribution in [1.29, 1.82) is 0 Å². The third-order valence-corrected chi connectivity index (χ3v) is 4.10. The average molecular weight is 393 g/mol. The van der Waals surface area contributed by atoms with E-state index in [2.05, 4.69) is 20.4 Å². The first-order valence-electron chi connectivity index (χ1n) is 8.67. The van der Waals surface area contributed by atoms with Gasteiger partial charge >= 0.3 is 0 Å². The number of anilines is 1. The van der Waals surface area contributed by atoms with Crippen LogP contribution in [0.25, 0.3) is 23.0 Å². The minimum absolute atomic E-state index is 0.0372. The topological polar surface area (TPSA) is 95.1 Å². The summed E-state index contributed by atoms with van der Waals surface area (Å²) in [4.78, 5) is 20.7. The fourth-order valence-electron chi connectivity index (χ4n) is 2.66. The Bertz CT molecular complexity index is 1140. The number of halogens is 1. The Morgan fingerprint density at radius 2 is 2.00 bits per heavy atom. The van der Waals surface area contributed by atoms with E-state index in [0.29, 0.717) is 17.4 Å². The van der Waals surface area contributed by atoms with Crippen molar-refractivity contribution in [3.63, 3.8) is 0 Å². The van der Waals surface area contributed by atoms with E-state index in [1.54, 1.807) is 42.1 Å². The smallest absolute Gasteiger partial charge is 0.258 e. The molecule has 0 spiro atoms. The van der Waals surface area contributed by atoms with Crippen molar-refractivity contribution < 1.29 is 18.4 Å². The SMILES string of the molecule is COc1ccc(-c2nc(-c3cn(CC(=O)Nc4ccccc4F)cn3)no2)cc1. The van der Waals surface area contributed by atoms with Crippen molar-refractivity contribution in [3.8, 4) is 28.7 Å². The normalized spacial score (nSPS) is 10.7. The predicted molar refractivity (Wildman–Crippen MR) is 103 cm³/mol. The van der Waals surface area contributed by atoms with Crippen molar-refractivity contribution >= 4 is 11.6 Å². The Morgan fingerprint density at radius 3 is 2.76 bits per heavy atom. The van der Waals surface area contributed by atoms with Crippen LogP contribution in [0.4, 0.5) is 10.1 Å². The molecule has 0 bridgehead atoms. The molecule has 2 aromatic carbocycles. The molecule has 0 aliphatic rings. The second-order valence-electron chi connectivity index (χ2n) is 6.11. The molecule has 0 atom stereocenters. The lowest BCUT2D eigenvalue weighted by molar-refractivity contribution is -0.116. The first-order chi connectivity index (χ1) is 14.1. The maximum Gasteiger partial charge on any atom is 0.258 e. The third kappa shape index (κ3) is 4.13. The molecule has 0 aliphatic heterocycles. The molecule has 0 fully saturated rings. The van der Waals surface area contributed by atoms with Crippen LogP contribution in [0.5, 0.6) is 5.75 Å². The van der Waals surface area contributed by atoms with Crippen molar-refractivity contribution in [2.24, 2.45) is 0 Å². The number of aromatic nitrogens is 4. The van der Waals surface area contributed by atoms with Crippen LogP contribution < -0.4 is 10.1 Å². The number of para-hydroxylation sites is 1. The first-order valence-corrected chi connectivity index (χ1v) is 8.67. The zero-order chi connectivity index (χ0) is 20.2. The van der Waals surface area contributed by atoms with E-state index in [9.17, 15) is 9.18 Å². The van der Waals surface area contributed by atoms with E-state index >= 15 is 0 Å². The van der Waals surface area contributed by atoms with Gasteiger partial charge in [-0.1, -0.05) is 17.3 Å². The van der Waals surface area contributed by atoms with Crippen molar-refractivity contribution in [3.05, 3.63) is 66.9 Å². The van der Waals surface area contributed by atoms with Gasteiger partial charge in [-0.3, -0.25) is 4.79 Å². The molecule has 29 heavy (non-hydrogen) atoms. The molecule has 0 radical (unpaired) electrons. The monoisotopic (exact) mass is 393 g/mol. The Balaban J connectivity index is 1.44. The molecule has 4 aromatic rings. The molecule has 8 nitrogen and oxygen atoms in total. The number of hydrogen-bond acceptors (Lipinski definition) is 6. The molecular formula is C20H16FN5O3. The van der Waals surface area contributed by atoms with Crippen LogP contribution >= 0.6 is 0 Å². The fourth-order valence-corrected chi connectivity index (χ4v) is 2.66. The minimum Gasteiger partial charge on any atom is -0.497 e. The highest BCUT2D eigenvalue weighted by Gasteiger charge is 2.14. The number of methoxy groups -OCH3 is 1. The molecule has 4 rings (SSSR count). The van der Waals surface area contributed by atoms with Crippen LogP contribution in [0, 0.1) is 5.82 Å². The highest BCUT2D eigenvalue weighted by molar-refractivity contribution is 5.90. The molecule has 1 amide bonds. The Kier molecular flexibility index (Phi) is 5.02. The van der Waals surface area contributed by atoms with Crippen LogP contribution in [0.3, 0.4) is 0 Å². The maximum atomic E-state index is 13.6. The van der Waals surface area contributed by atoms with Crippen LogP contribution in [0.1, 0.15) is 0 Å². The summed E-state index contributed by atoms with van der Waals surface area (Å²) < 4.78 is 25.6. The summed E-state index contributed by atoms with van der Waals surface area (Å²) in [6.07, 6.45) is 3.09. The number of nitrogens with zero attached hydrogens (tertiary/aromatic N) is 4. The fraction of sp³-hybridized carbons (Fsp3) is 0.100. The van der Waals surface area contributed by atoms with Gasteiger partial charge in [-0.25, -0.2) is 9.37 Å². The molecule has 0 saturated heterocycles. The molecule has 2 heterocycles. The number of nitrogens with one attached hydrogen (secondary N) is 1. The summed E-state index contributed by atoms with van der Waals surface area (Å²) in [6.45, 7) is -0.0372. The summed E-state index contributed by atoms with van der Waals surface area (Å²) in [5.41, 5.74) is 1.32. The van der Waals surface area contributed by atoms with Crippen molar-refractivity contribution in [2.45, 2.75) is 6.54 Å². The number of carbonyl (C=O) groups is 1. The van der Waals surface area contributed by atoms with E-state index in [4.69, 9.17) is 9.26 Å². The standard InChI is InChI=1S/C20H16FN5O3/c1-28-14-8-6-13(7-9-14)20-24-19(25-29-20)17-10-26(12-22-17)11-18(27)23-16-5-3-2-4-15(16)21/h2-10,12H,11H2,1H3,(H,23,27). The van der Waals surface area contributed by atoms with E-state index in [0.717, 1.165) is 11.3 Å². The minimum atomic E-state index is -0.495. The molecule has 0 saturated carbocycles. The number of ether oxygens (including phenoxy) is 1. The lowest BCUT2D eigenvalue weighted by Crippen LogP contribution is -2.18. The summed E-state index contributed by atoms with van der Waals surface area (Å²) >= 11 is 0. The Hall–Kier alpha value is -4.01. The van der Waals surface area contributed by atoms with Crippen LogP contribution in [-0.2, 0) is 11.3 Å². The highest BCUT2D eigenvalue weighted by atomic mass is 19.1. The van der Waals surface area contributed by atoms with Gasteiger partial charge in [-0.15, -0.1) is 0 Å². The van der Waals surface area contributed by atoms with Gasteiger partial charge in [-0.05, 0) is 36.4 Å². The molecule has 0 aliphatic carbocycles. The number of hydrogen-bond donors (Lipinski definition) is 1. The van der Waals surface area contributed by atoms with E-state index < -0.39 is 5.82 Å².